The first-order chi connectivity index (χ1) is 13.0. The minimum atomic E-state index is -0.503. The van der Waals surface area contributed by atoms with Crippen LogP contribution < -0.4 is 20.5 Å². The summed E-state index contributed by atoms with van der Waals surface area (Å²) in [6.45, 7) is 0.126. The summed E-state index contributed by atoms with van der Waals surface area (Å²) in [6, 6.07) is 11.8. The fourth-order valence-electron chi connectivity index (χ4n) is 2.34. The number of primary amides is 1. The molecule has 0 spiro atoms. The predicted molar refractivity (Wildman–Crippen MR) is 102 cm³/mol. The van der Waals surface area contributed by atoms with Crippen LogP contribution in [0, 0.1) is 0 Å². The second-order valence-electron chi connectivity index (χ2n) is 5.40. The number of nitrogens with one attached hydrogen (secondary N) is 1. The van der Waals surface area contributed by atoms with Crippen LogP contribution >= 0.6 is 11.8 Å². The molecule has 27 heavy (non-hydrogen) atoms. The van der Waals surface area contributed by atoms with Crippen LogP contribution in [-0.4, -0.2) is 37.7 Å². The van der Waals surface area contributed by atoms with Crippen LogP contribution in [0.5, 0.6) is 11.5 Å². The highest BCUT2D eigenvalue weighted by Crippen LogP contribution is 2.35. The molecule has 142 valence electrons. The maximum absolute atomic E-state index is 12.9. The van der Waals surface area contributed by atoms with Crippen LogP contribution in [0.2, 0.25) is 0 Å². The van der Waals surface area contributed by atoms with Gasteiger partial charge < -0.3 is 20.5 Å². The van der Waals surface area contributed by atoms with Gasteiger partial charge in [0.2, 0.25) is 11.0 Å². The number of carbonyl (C=O) groups is 3. The minimum absolute atomic E-state index is 0.0401. The normalized spacial score (nSPS) is 10.1. The zero-order chi connectivity index (χ0) is 19.8. The van der Waals surface area contributed by atoms with Gasteiger partial charge in [0.15, 0.2) is 0 Å². The van der Waals surface area contributed by atoms with Crippen LogP contribution in [0.4, 0.5) is 0 Å². The summed E-state index contributed by atoms with van der Waals surface area (Å²) in [4.78, 5) is 36.5. The van der Waals surface area contributed by atoms with E-state index in [1.54, 1.807) is 42.5 Å². The quantitative estimate of drug-likeness (QED) is 0.672. The van der Waals surface area contributed by atoms with E-state index >= 15 is 0 Å². The first-order valence-corrected chi connectivity index (χ1v) is 8.88. The average Bonchev–Trinajstić information content (AvgIpc) is 2.67. The zero-order valence-corrected chi connectivity index (χ0v) is 15.8. The second kappa shape index (κ2) is 9.63. The minimum Gasteiger partial charge on any atom is -0.496 e. The number of ether oxygens (including phenoxy) is 2. The lowest BCUT2D eigenvalue weighted by molar-refractivity contribution is -0.117. The molecule has 0 unspecified atom stereocenters. The molecule has 0 bridgehead atoms. The van der Waals surface area contributed by atoms with Crippen LogP contribution in [0.25, 0.3) is 0 Å². The maximum Gasteiger partial charge on any atom is 0.252 e. The number of rotatable bonds is 8. The van der Waals surface area contributed by atoms with Gasteiger partial charge in [-0.05, 0) is 36.0 Å². The molecular weight excluding hydrogens is 368 g/mol. The summed E-state index contributed by atoms with van der Waals surface area (Å²) < 4.78 is 10.5. The Hall–Kier alpha value is -3.00. The van der Waals surface area contributed by atoms with Gasteiger partial charge in [0.25, 0.3) is 5.91 Å². The SMILES string of the molecule is COc1cccc(OC)c1C(=O)Sc1ccccc1C(=O)NCCC(N)=O. The number of amides is 2. The van der Waals surface area contributed by atoms with Crippen LogP contribution in [0.15, 0.2) is 47.4 Å². The van der Waals surface area contributed by atoms with E-state index in [9.17, 15) is 14.4 Å². The van der Waals surface area contributed by atoms with E-state index in [1.807, 2.05) is 0 Å². The highest BCUT2D eigenvalue weighted by Gasteiger charge is 2.21. The average molecular weight is 388 g/mol. The molecule has 8 heteroatoms. The number of thioether (sulfide) groups is 1. The molecule has 0 radical (unpaired) electrons. The molecule has 0 fully saturated rings. The number of carbonyl (C=O) groups excluding carboxylic acids is 3. The van der Waals surface area contributed by atoms with Crippen LogP contribution in [0.3, 0.4) is 0 Å². The van der Waals surface area contributed by atoms with E-state index in [2.05, 4.69) is 5.32 Å². The van der Waals surface area contributed by atoms with Gasteiger partial charge in [-0.1, -0.05) is 18.2 Å². The van der Waals surface area contributed by atoms with Gasteiger partial charge in [0.1, 0.15) is 17.1 Å². The Morgan fingerprint density at radius 3 is 2.22 bits per heavy atom. The fourth-order valence-corrected chi connectivity index (χ4v) is 3.26. The van der Waals surface area contributed by atoms with Crippen LogP contribution in [0.1, 0.15) is 27.1 Å². The molecule has 0 aliphatic heterocycles. The standard InChI is InChI=1S/C19H20N2O5S/c1-25-13-7-5-8-14(26-2)17(13)19(24)27-15-9-4-3-6-12(15)18(23)21-11-10-16(20)22/h3-9H,10-11H2,1-2H3,(H2,20,22)(H,21,23). The van der Waals surface area contributed by atoms with E-state index in [-0.39, 0.29) is 29.6 Å². The van der Waals surface area contributed by atoms with Gasteiger partial charge in [-0.3, -0.25) is 14.4 Å². The molecular formula is C19H20N2O5S. The first kappa shape index (κ1) is 20.3. The van der Waals surface area contributed by atoms with Crippen LogP contribution in [-0.2, 0) is 4.79 Å². The van der Waals surface area contributed by atoms with E-state index in [0.29, 0.717) is 22.0 Å². The molecule has 0 aliphatic carbocycles. The third-order valence-electron chi connectivity index (χ3n) is 3.62. The Morgan fingerprint density at radius 2 is 1.63 bits per heavy atom. The van der Waals surface area contributed by atoms with Crippen molar-refractivity contribution in [3.63, 3.8) is 0 Å². The second-order valence-corrected chi connectivity index (χ2v) is 6.41. The molecule has 0 aliphatic rings. The Labute approximate surface area is 161 Å². The van der Waals surface area contributed by atoms with Gasteiger partial charge >= 0.3 is 0 Å². The van der Waals surface area contributed by atoms with Crippen molar-refractivity contribution in [2.24, 2.45) is 5.73 Å². The Balaban J connectivity index is 2.25. The van der Waals surface area contributed by atoms with Gasteiger partial charge in [-0.25, -0.2) is 0 Å². The Kier molecular flexibility index (Phi) is 7.25. The van der Waals surface area contributed by atoms with Gasteiger partial charge in [-0.2, -0.15) is 0 Å². The van der Waals surface area contributed by atoms with E-state index in [0.717, 1.165) is 11.8 Å². The maximum atomic E-state index is 12.9. The summed E-state index contributed by atoms with van der Waals surface area (Å²) in [6.07, 6.45) is 0.0401. The molecule has 2 aromatic rings. The molecule has 2 aromatic carbocycles. The highest BCUT2D eigenvalue weighted by molar-refractivity contribution is 8.14. The number of methoxy groups -OCH3 is 2. The molecule has 3 N–H and O–H groups in total. The van der Waals surface area contributed by atoms with Crippen molar-refractivity contribution in [2.45, 2.75) is 11.3 Å². The van der Waals surface area contributed by atoms with Crippen molar-refractivity contribution in [3.05, 3.63) is 53.6 Å². The largest absolute Gasteiger partial charge is 0.496 e. The smallest absolute Gasteiger partial charge is 0.252 e. The molecule has 0 saturated carbocycles. The summed E-state index contributed by atoms with van der Waals surface area (Å²) in [7, 11) is 2.94. The Bertz CT molecular complexity index is 831. The summed E-state index contributed by atoms with van der Waals surface area (Å²) in [5.74, 6) is -0.124. The number of hydrogen-bond acceptors (Lipinski definition) is 6. The monoisotopic (exact) mass is 388 g/mol. The Morgan fingerprint density at radius 1 is 1.00 bits per heavy atom. The lowest BCUT2D eigenvalue weighted by atomic mass is 10.2. The lowest BCUT2D eigenvalue weighted by Crippen LogP contribution is -2.28. The highest BCUT2D eigenvalue weighted by atomic mass is 32.2. The zero-order valence-electron chi connectivity index (χ0n) is 15.0. The molecule has 2 rings (SSSR count). The number of hydrogen-bond donors (Lipinski definition) is 2. The van der Waals surface area contributed by atoms with E-state index in [4.69, 9.17) is 15.2 Å². The number of nitrogens with two attached hydrogens (primary N) is 1. The van der Waals surface area contributed by atoms with Crippen molar-refractivity contribution in [2.75, 3.05) is 20.8 Å². The molecule has 7 nitrogen and oxygen atoms in total. The van der Waals surface area contributed by atoms with Gasteiger partial charge in [-0.15, -0.1) is 0 Å². The third-order valence-corrected chi connectivity index (χ3v) is 4.59. The van der Waals surface area contributed by atoms with Gasteiger partial charge in [0.05, 0.1) is 19.8 Å². The van der Waals surface area contributed by atoms with Crippen molar-refractivity contribution >= 4 is 28.7 Å². The number of benzene rings is 2. The van der Waals surface area contributed by atoms with E-state index in [1.165, 1.54) is 14.2 Å². The molecule has 0 saturated heterocycles. The molecule has 0 atom stereocenters. The topological polar surface area (TPSA) is 108 Å². The van der Waals surface area contributed by atoms with Crippen molar-refractivity contribution in [3.8, 4) is 11.5 Å². The summed E-state index contributed by atoms with van der Waals surface area (Å²) in [5, 5.41) is 2.30. The molecule has 0 aromatic heterocycles. The van der Waals surface area contributed by atoms with E-state index < -0.39 is 5.91 Å². The predicted octanol–water partition coefficient (Wildman–Crippen LogP) is 2.24. The summed E-state index contributed by atoms with van der Waals surface area (Å²) in [5.41, 5.74) is 5.69. The third kappa shape index (κ3) is 5.24. The van der Waals surface area contributed by atoms with Crippen molar-refractivity contribution in [1.82, 2.24) is 5.32 Å². The lowest BCUT2D eigenvalue weighted by Gasteiger charge is -2.13. The first-order valence-electron chi connectivity index (χ1n) is 8.06. The van der Waals surface area contributed by atoms with Crippen molar-refractivity contribution < 1.29 is 23.9 Å². The molecule has 0 heterocycles. The molecule has 2 amide bonds. The van der Waals surface area contributed by atoms with Gasteiger partial charge in [0, 0.05) is 17.9 Å². The summed E-state index contributed by atoms with van der Waals surface area (Å²) >= 11 is 0.899. The van der Waals surface area contributed by atoms with Crippen molar-refractivity contribution in [1.29, 1.82) is 0 Å². The fraction of sp³-hybridized carbons (Fsp3) is 0.211.